The Labute approximate surface area is 71.9 Å². The van der Waals surface area contributed by atoms with Crippen LogP contribution in [-0.4, -0.2) is 31.9 Å². The van der Waals surface area contributed by atoms with Gasteiger partial charge in [-0.05, 0) is 0 Å². The summed E-state index contributed by atoms with van der Waals surface area (Å²) in [5.74, 6) is 15.7. The molecule has 1 saturated heterocycles. The van der Waals surface area contributed by atoms with Crippen molar-refractivity contribution in [3.05, 3.63) is 0 Å². The molecule has 0 radical (unpaired) electrons. The number of nitrogens with two attached hydrogens (primary N) is 3. The molecule has 12 heavy (non-hydrogen) atoms. The molecule has 1 aliphatic rings. The van der Waals surface area contributed by atoms with Crippen molar-refractivity contribution in [1.82, 2.24) is 31.2 Å². The lowest BCUT2D eigenvalue weighted by molar-refractivity contribution is 0.379. The van der Waals surface area contributed by atoms with Gasteiger partial charge in [0.2, 0.25) is 0 Å². The number of nitrogens with one attached hydrogen (secondary N) is 4. The van der Waals surface area contributed by atoms with Gasteiger partial charge in [-0.2, -0.15) is 0 Å². The molecule has 0 aromatic heterocycles. The summed E-state index contributed by atoms with van der Waals surface area (Å²) in [6.07, 6.45) is 0. The van der Waals surface area contributed by atoms with Gasteiger partial charge in [0, 0.05) is 0 Å². The van der Waals surface area contributed by atoms with Gasteiger partial charge in [0.25, 0.3) is 15.1 Å². The Morgan fingerprint density at radius 2 is 1.58 bits per heavy atom. The number of hydrazine groups is 5. The van der Waals surface area contributed by atoms with Gasteiger partial charge in [-0.25, -0.2) is 11.1 Å². The summed E-state index contributed by atoms with van der Waals surface area (Å²) < 4.78 is 0. The molecule has 0 atom stereocenters. The van der Waals surface area contributed by atoms with Crippen LogP contribution in [0.2, 0.25) is 0 Å². The van der Waals surface area contributed by atoms with Crippen molar-refractivity contribution in [1.29, 1.82) is 0 Å². The topological polar surface area (TPSA) is 133 Å². The second-order valence-corrected chi connectivity index (χ2v) is 2.30. The quantitative estimate of drug-likeness (QED) is 0.126. The molecule has 0 aliphatic carbocycles. The normalized spacial score (nSPS) is 20.4. The van der Waals surface area contributed by atoms with Gasteiger partial charge in [-0.1, -0.05) is 0 Å². The Kier molecular flexibility index (Phi) is 3.94. The van der Waals surface area contributed by atoms with E-state index in [0.717, 1.165) is 0 Å². The summed E-state index contributed by atoms with van der Waals surface area (Å²) in [5.41, 5.74) is 4.92. The molecule has 0 unspecified atom stereocenters. The fraction of sp³-hybridized carbons (Fsp3) is 0. The molecule has 0 aromatic carbocycles. The van der Waals surface area contributed by atoms with Crippen LogP contribution in [-0.2, 0) is 0 Å². The Balaban J connectivity index is 2.52. The maximum Gasteiger partial charge on any atom is 0.424 e. The number of hydrogen-bond acceptors (Lipinski definition) is 9. The maximum atomic E-state index is 5.28. The molecule has 9 nitrogen and oxygen atoms in total. The molecule has 0 aromatic rings. The first-order valence-corrected chi connectivity index (χ1v) is 3.46. The highest BCUT2D eigenvalue weighted by atomic mass is 15.7. The van der Waals surface area contributed by atoms with Crippen LogP contribution >= 0.6 is 0 Å². The molecule has 12 heteroatoms. The third-order valence-corrected chi connectivity index (χ3v) is 1.64. The zero-order valence-corrected chi connectivity index (χ0v) is 6.62. The second-order valence-electron chi connectivity index (χ2n) is 2.30. The monoisotopic (exact) mass is 171 g/mol. The van der Waals surface area contributed by atoms with Gasteiger partial charge < -0.3 is 5.14 Å². The fourth-order valence-electron chi connectivity index (χ4n) is 1.04. The summed E-state index contributed by atoms with van der Waals surface area (Å²) in [4.78, 5) is 3.26. The number of rotatable bonds is 3. The molecule has 10 N–H and O–H groups in total. The highest BCUT2D eigenvalue weighted by Crippen LogP contribution is 1.89. The van der Waals surface area contributed by atoms with Gasteiger partial charge in [0.05, 0.1) is 0 Å². The standard InChI is InChI=1S/B3H12N9/c4-8-3-11(9-5)1-7-2-12(3)10-6/h1-2,7-10H,4-6H2. The van der Waals surface area contributed by atoms with Crippen LogP contribution in [0.1, 0.15) is 0 Å². The molecular weight excluding hydrogens is 158 g/mol. The van der Waals surface area contributed by atoms with E-state index in [-0.39, 0.29) is 7.12 Å². The second kappa shape index (κ2) is 4.76. The molecule has 66 valence electrons. The van der Waals surface area contributed by atoms with E-state index in [1.165, 1.54) is 0 Å². The molecule has 1 rings (SSSR count). The first-order valence-electron chi connectivity index (χ1n) is 3.46. The Hall–Kier alpha value is -0.165. The van der Waals surface area contributed by atoms with Crippen LogP contribution < -0.4 is 39.1 Å². The van der Waals surface area contributed by atoms with Crippen molar-refractivity contribution in [3.63, 3.8) is 0 Å². The van der Waals surface area contributed by atoms with Crippen molar-refractivity contribution in [2.45, 2.75) is 0 Å². The predicted molar refractivity (Wildman–Crippen MR) is 48.8 cm³/mol. The van der Waals surface area contributed by atoms with Crippen molar-refractivity contribution in [2.75, 3.05) is 0 Å². The van der Waals surface area contributed by atoms with Crippen LogP contribution in [0.5, 0.6) is 0 Å². The first kappa shape index (κ1) is 9.92. The average Bonchev–Trinajstić information content (AvgIpc) is 2.16. The Bertz CT molecular complexity index is 115. The Morgan fingerprint density at radius 1 is 1.08 bits per heavy atom. The maximum absolute atomic E-state index is 5.28. The molecule has 1 heterocycles. The number of hydrogen-bond donors (Lipinski definition) is 7. The predicted octanol–water partition coefficient (Wildman–Crippen LogP) is -6.07. The van der Waals surface area contributed by atoms with Crippen molar-refractivity contribution in [2.24, 2.45) is 17.5 Å². The minimum Gasteiger partial charge on any atom is -0.375 e. The van der Waals surface area contributed by atoms with Crippen LogP contribution in [0.15, 0.2) is 0 Å². The van der Waals surface area contributed by atoms with Crippen LogP contribution in [0, 0.1) is 0 Å². The third-order valence-electron chi connectivity index (χ3n) is 1.64. The fourth-order valence-corrected chi connectivity index (χ4v) is 1.04. The highest BCUT2D eigenvalue weighted by Gasteiger charge is 2.34. The van der Waals surface area contributed by atoms with E-state index in [9.17, 15) is 0 Å². The molecular formula is H12B3N9. The summed E-state index contributed by atoms with van der Waals surface area (Å²) in [6.45, 7) is 0. The van der Waals surface area contributed by atoms with Crippen LogP contribution in [0.25, 0.3) is 0 Å². The van der Waals surface area contributed by atoms with Crippen LogP contribution in [0.4, 0.5) is 0 Å². The van der Waals surface area contributed by atoms with Crippen LogP contribution in [0.3, 0.4) is 0 Å². The molecule has 0 amide bonds. The lowest BCUT2D eigenvalue weighted by atomic mass is 9.73. The van der Waals surface area contributed by atoms with Gasteiger partial charge in [-0.15, -0.1) is 0 Å². The zero-order valence-electron chi connectivity index (χ0n) is 6.62. The highest BCUT2D eigenvalue weighted by molar-refractivity contribution is 6.72. The SMILES string of the molecule is NNB1N(NN)BNBN1NN. The lowest BCUT2D eigenvalue weighted by Gasteiger charge is -2.37. The molecule has 1 fully saturated rings. The third kappa shape index (κ3) is 1.95. The summed E-state index contributed by atoms with van der Waals surface area (Å²) in [6, 6.07) is 0. The summed E-state index contributed by atoms with van der Waals surface area (Å²) in [5, 5.41) is 5.56. The van der Waals surface area contributed by atoms with Gasteiger partial charge in [0.1, 0.15) is 0 Å². The minimum atomic E-state index is -0.291. The van der Waals surface area contributed by atoms with Crippen molar-refractivity contribution in [3.8, 4) is 0 Å². The smallest absolute Gasteiger partial charge is 0.375 e. The van der Waals surface area contributed by atoms with E-state index in [2.05, 4.69) is 21.5 Å². The van der Waals surface area contributed by atoms with Crippen molar-refractivity contribution >= 4 is 22.2 Å². The largest absolute Gasteiger partial charge is 0.424 e. The van der Waals surface area contributed by atoms with Gasteiger partial charge in [0.15, 0.2) is 0 Å². The average molecular weight is 171 g/mol. The Morgan fingerprint density at radius 3 is 1.92 bits per heavy atom. The minimum absolute atomic E-state index is 0.291. The first-order chi connectivity index (χ1) is 5.83. The van der Waals surface area contributed by atoms with E-state index in [4.69, 9.17) is 17.5 Å². The van der Waals surface area contributed by atoms with E-state index in [1.807, 2.05) is 0 Å². The van der Waals surface area contributed by atoms with E-state index in [0.29, 0.717) is 15.1 Å². The van der Waals surface area contributed by atoms with E-state index < -0.39 is 0 Å². The molecule has 0 bridgehead atoms. The molecule has 0 saturated carbocycles. The van der Waals surface area contributed by atoms with Gasteiger partial charge in [-0.3, -0.25) is 32.5 Å². The lowest BCUT2D eigenvalue weighted by Crippen LogP contribution is -2.80. The summed E-state index contributed by atoms with van der Waals surface area (Å²) >= 11 is 0. The van der Waals surface area contributed by atoms with E-state index in [1.54, 1.807) is 9.66 Å². The van der Waals surface area contributed by atoms with Gasteiger partial charge >= 0.3 is 7.12 Å². The molecule has 0 spiro atoms. The van der Waals surface area contributed by atoms with E-state index >= 15 is 0 Å². The zero-order chi connectivity index (χ0) is 8.97. The number of nitrogens with zero attached hydrogens (tertiary/aromatic N) is 2. The summed E-state index contributed by atoms with van der Waals surface area (Å²) in [7, 11) is 0.855. The van der Waals surface area contributed by atoms with Crippen molar-refractivity contribution < 1.29 is 0 Å². The molecule has 1 aliphatic heterocycles.